The number of halogens is 1. The molecule has 0 radical (unpaired) electrons. The number of hydrogen-bond donors (Lipinski definition) is 1. The molecule has 0 saturated carbocycles. The van der Waals surface area contributed by atoms with E-state index in [0.29, 0.717) is 22.8 Å². The second-order valence-electron chi connectivity index (χ2n) is 5.76. The number of aryl methyl sites for hydroxylation is 1. The third-order valence-electron chi connectivity index (χ3n) is 3.81. The molecule has 2 rings (SSSR count). The molecule has 0 saturated heterocycles. The summed E-state index contributed by atoms with van der Waals surface area (Å²) in [5, 5.41) is 3.32. The fraction of sp³-hybridized carbons (Fsp3) is 0.278. The number of carbonyl (C=O) groups is 1. The zero-order valence-electron chi connectivity index (χ0n) is 14.4. The van der Waals surface area contributed by atoms with Crippen LogP contribution in [0.1, 0.15) is 18.9 Å². The first kappa shape index (κ1) is 19.3. The van der Waals surface area contributed by atoms with Crippen LogP contribution in [0, 0.1) is 6.92 Å². The lowest BCUT2D eigenvalue weighted by Crippen LogP contribution is -2.47. The number of rotatable bonds is 6. The molecule has 2 aromatic carbocycles. The molecule has 1 atom stereocenters. The van der Waals surface area contributed by atoms with Gasteiger partial charge in [0, 0.05) is 10.7 Å². The van der Waals surface area contributed by atoms with E-state index >= 15 is 0 Å². The summed E-state index contributed by atoms with van der Waals surface area (Å²) in [5.74, 6) is -0.378. The van der Waals surface area contributed by atoms with Crippen molar-refractivity contribution in [1.82, 2.24) is 0 Å². The van der Waals surface area contributed by atoms with Crippen molar-refractivity contribution in [3.63, 3.8) is 0 Å². The van der Waals surface area contributed by atoms with Crippen LogP contribution >= 0.6 is 11.6 Å². The van der Waals surface area contributed by atoms with Gasteiger partial charge in [0.05, 0.1) is 11.9 Å². The molecule has 2 aromatic rings. The van der Waals surface area contributed by atoms with Gasteiger partial charge in [-0.15, -0.1) is 0 Å². The van der Waals surface area contributed by atoms with Crippen molar-refractivity contribution in [2.75, 3.05) is 15.9 Å². The quantitative estimate of drug-likeness (QED) is 0.828. The fourth-order valence-electron chi connectivity index (χ4n) is 2.58. The second kappa shape index (κ2) is 7.89. The number of anilines is 2. The van der Waals surface area contributed by atoms with Gasteiger partial charge in [-0.1, -0.05) is 36.7 Å². The Labute approximate surface area is 153 Å². The van der Waals surface area contributed by atoms with Gasteiger partial charge >= 0.3 is 0 Å². The summed E-state index contributed by atoms with van der Waals surface area (Å²) in [6, 6.07) is 12.9. The number of amides is 1. The van der Waals surface area contributed by atoms with Crippen LogP contribution in [-0.2, 0) is 14.8 Å². The largest absolute Gasteiger partial charge is 0.324 e. The van der Waals surface area contributed by atoms with Crippen LogP contribution in [0.2, 0.25) is 5.02 Å². The Morgan fingerprint density at radius 1 is 1.16 bits per heavy atom. The van der Waals surface area contributed by atoms with Gasteiger partial charge in [0.25, 0.3) is 0 Å². The summed E-state index contributed by atoms with van der Waals surface area (Å²) in [5.41, 5.74) is 1.97. The Bertz CT molecular complexity index is 851. The molecule has 0 heterocycles. The zero-order chi connectivity index (χ0) is 18.6. The molecule has 134 valence electrons. The van der Waals surface area contributed by atoms with E-state index in [1.807, 2.05) is 25.1 Å². The topological polar surface area (TPSA) is 66.5 Å². The van der Waals surface area contributed by atoms with Crippen molar-refractivity contribution in [3.8, 4) is 0 Å². The maximum Gasteiger partial charge on any atom is 0.248 e. The summed E-state index contributed by atoms with van der Waals surface area (Å²) in [7, 11) is -3.66. The van der Waals surface area contributed by atoms with Gasteiger partial charge in [-0.2, -0.15) is 0 Å². The average molecular weight is 381 g/mol. The predicted molar refractivity (Wildman–Crippen MR) is 103 cm³/mol. The van der Waals surface area contributed by atoms with Gasteiger partial charge in [0.2, 0.25) is 15.9 Å². The third kappa shape index (κ3) is 4.74. The summed E-state index contributed by atoms with van der Waals surface area (Å²) < 4.78 is 25.8. The molecule has 1 amide bonds. The van der Waals surface area contributed by atoms with E-state index in [1.165, 1.54) is 0 Å². The molecule has 0 aliphatic heterocycles. The first-order valence-corrected chi connectivity index (χ1v) is 10.1. The minimum Gasteiger partial charge on any atom is -0.324 e. The minimum atomic E-state index is -3.66. The van der Waals surface area contributed by atoms with E-state index in [-0.39, 0.29) is 5.91 Å². The van der Waals surface area contributed by atoms with Crippen LogP contribution in [0.3, 0.4) is 0 Å². The lowest BCUT2D eigenvalue weighted by molar-refractivity contribution is -0.117. The zero-order valence-corrected chi connectivity index (χ0v) is 15.9. The second-order valence-corrected chi connectivity index (χ2v) is 8.06. The van der Waals surface area contributed by atoms with E-state index in [2.05, 4.69) is 5.32 Å². The van der Waals surface area contributed by atoms with Crippen LogP contribution in [0.25, 0.3) is 0 Å². The highest BCUT2D eigenvalue weighted by Crippen LogP contribution is 2.25. The third-order valence-corrected chi connectivity index (χ3v) is 5.25. The summed E-state index contributed by atoms with van der Waals surface area (Å²) in [6.07, 6.45) is 1.42. The standard InChI is InChI=1S/C18H21ClN2O3S/c1-4-17(18(22)20-16-8-6-5-7-13(16)2)21(25(3,23)24)15-11-9-14(19)10-12-15/h5-12,17H,4H2,1-3H3,(H,20,22)/t17-/m1/s1. The molecule has 0 unspecified atom stereocenters. The Kier molecular flexibility index (Phi) is 6.08. The van der Waals surface area contributed by atoms with Gasteiger partial charge in [-0.3, -0.25) is 9.10 Å². The number of benzene rings is 2. The molecule has 0 fully saturated rings. The van der Waals surface area contributed by atoms with Crippen LogP contribution in [0.4, 0.5) is 11.4 Å². The van der Waals surface area contributed by atoms with Crippen molar-refractivity contribution < 1.29 is 13.2 Å². The molecule has 0 bridgehead atoms. The van der Waals surface area contributed by atoms with Crippen molar-refractivity contribution in [1.29, 1.82) is 0 Å². The molecule has 0 aliphatic carbocycles. The molecular weight excluding hydrogens is 360 g/mol. The predicted octanol–water partition coefficient (Wildman–Crippen LogP) is 3.83. The molecule has 0 aromatic heterocycles. The highest BCUT2D eigenvalue weighted by atomic mass is 35.5. The number of hydrogen-bond acceptors (Lipinski definition) is 3. The number of sulfonamides is 1. The Morgan fingerprint density at radius 2 is 1.76 bits per heavy atom. The first-order valence-electron chi connectivity index (χ1n) is 7.85. The molecular formula is C18H21ClN2O3S. The van der Waals surface area contributed by atoms with Crippen molar-refractivity contribution in [2.24, 2.45) is 0 Å². The highest BCUT2D eigenvalue weighted by molar-refractivity contribution is 7.92. The SMILES string of the molecule is CC[C@H](C(=O)Nc1ccccc1C)N(c1ccc(Cl)cc1)S(C)(=O)=O. The van der Waals surface area contributed by atoms with Crippen LogP contribution < -0.4 is 9.62 Å². The molecule has 5 nitrogen and oxygen atoms in total. The van der Waals surface area contributed by atoms with Gasteiger partial charge < -0.3 is 5.32 Å². The van der Waals surface area contributed by atoms with Gasteiger partial charge in [0.1, 0.15) is 6.04 Å². The van der Waals surface area contributed by atoms with Crippen molar-refractivity contribution in [3.05, 3.63) is 59.1 Å². The summed E-state index contributed by atoms with van der Waals surface area (Å²) >= 11 is 5.88. The van der Waals surface area contributed by atoms with Crippen LogP contribution in [0.15, 0.2) is 48.5 Å². The first-order chi connectivity index (χ1) is 11.7. The normalized spacial score (nSPS) is 12.5. The average Bonchev–Trinajstić information content (AvgIpc) is 2.54. The van der Waals surface area contributed by atoms with Crippen LogP contribution in [0.5, 0.6) is 0 Å². The maximum absolute atomic E-state index is 12.8. The molecule has 0 aliphatic rings. The Morgan fingerprint density at radius 3 is 2.28 bits per heavy atom. The molecule has 25 heavy (non-hydrogen) atoms. The van der Waals surface area contributed by atoms with E-state index in [0.717, 1.165) is 16.1 Å². The van der Waals surface area contributed by atoms with Crippen molar-refractivity contribution in [2.45, 2.75) is 26.3 Å². The van der Waals surface area contributed by atoms with E-state index < -0.39 is 16.1 Å². The number of para-hydroxylation sites is 1. The Hall–Kier alpha value is -2.05. The van der Waals surface area contributed by atoms with Gasteiger partial charge in [0.15, 0.2) is 0 Å². The lowest BCUT2D eigenvalue weighted by atomic mass is 10.1. The number of carbonyl (C=O) groups excluding carboxylic acids is 1. The molecule has 7 heteroatoms. The van der Waals surface area contributed by atoms with E-state index in [1.54, 1.807) is 37.3 Å². The number of nitrogens with one attached hydrogen (secondary N) is 1. The fourth-order valence-corrected chi connectivity index (χ4v) is 3.92. The highest BCUT2D eigenvalue weighted by Gasteiger charge is 2.31. The van der Waals surface area contributed by atoms with Crippen molar-refractivity contribution >= 4 is 38.9 Å². The van der Waals surface area contributed by atoms with Gasteiger partial charge in [-0.25, -0.2) is 8.42 Å². The molecule has 1 N–H and O–H groups in total. The maximum atomic E-state index is 12.8. The monoisotopic (exact) mass is 380 g/mol. The minimum absolute atomic E-state index is 0.327. The Balaban J connectivity index is 2.38. The smallest absolute Gasteiger partial charge is 0.248 e. The number of nitrogens with zero attached hydrogens (tertiary/aromatic N) is 1. The summed E-state index contributed by atoms with van der Waals surface area (Å²) in [4.78, 5) is 12.8. The summed E-state index contributed by atoms with van der Waals surface area (Å²) in [6.45, 7) is 3.65. The lowest BCUT2D eigenvalue weighted by Gasteiger charge is -2.30. The molecule has 0 spiro atoms. The van der Waals surface area contributed by atoms with Crippen LogP contribution in [-0.4, -0.2) is 26.6 Å². The van der Waals surface area contributed by atoms with E-state index in [4.69, 9.17) is 11.6 Å². The van der Waals surface area contributed by atoms with E-state index in [9.17, 15) is 13.2 Å². The van der Waals surface area contributed by atoms with Gasteiger partial charge in [-0.05, 0) is 49.2 Å².